The Morgan fingerprint density at radius 2 is 2.24 bits per heavy atom. The third kappa shape index (κ3) is 2.25. The molecular weight excluding hydrogens is 252 g/mol. The van der Waals surface area contributed by atoms with Crippen LogP contribution in [0.15, 0.2) is 16.8 Å². The number of aryl methyl sites for hydroxylation is 2. The van der Waals surface area contributed by atoms with Gasteiger partial charge >= 0.3 is 0 Å². The summed E-state index contributed by atoms with van der Waals surface area (Å²) in [6.45, 7) is 0. The van der Waals surface area contributed by atoms with E-state index in [4.69, 9.17) is 0 Å². The second kappa shape index (κ2) is 4.58. The SMILES string of the molecule is O=C(Nc1nc2c(s1)CCCC2)c1ccsc1. The van der Waals surface area contributed by atoms with Crippen LogP contribution in [0.1, 0.15) is 33.8 Å². The number of carbonyl (C=O) groups is 1. The van der Waals surface area contributed by atoms with Gasteiger partial charge in [0.25, 0.3) is 5.91 Å². The fourth-order valence-corrected chi connectivity index (χ4v) is 3.65. The molecule has 2 heterocycles. The highest BCUT2D eigenvalue weighted by molar-refractivity contribution is 7.16. The molecule has 0 fully saturated rings. The molecule has 0 radical (unpaired) electrons. The minimum atomic E-state index is -0.0580. The summed E-state index contributed by atoms with van der Waals surface area (Å²) in [5.41, 5.74) is 1.89. The lowest BCUT2D eigenvalue weighted by Crippen LogP contribution is -2.10. The average molecular weight is 264 g/mol. The Morgan fingerprint density at radius 1 is 1.35 bits per heavy atom. The largest absolute Gasteiger partial charge is 0.298 e. The van der Waals surface area contributed by atoms with Crippen LogP contribution in [0, 0.1) is 0 Å². The highest BCUT2D eigenvalue weighted by atomic mass is 32.1. The van der Waals surface area contributed by atoms with Gasteiger partial charge in [0.1, 0.15) is 0 Å². The van der Waals surface area contributed by atoms with Crippen molar-refractivity contribution in [3.8, 4) is 0 Å². The third-order valence-electron chi connectivity index (χ3n) is 2.85. The number of thiophene rings is 1. The van der Waals surface area contributed by atoms with Gasteiger partial charge in [0.05, 0.1) is 11.3 Å². The van der Waals surface area contributed by atoms with E-state index in [0.29, 0.717) is 5.56 Å². The minimum Gasteiger partial charge on any atom is -0.298 e. The van der Waals surface area contributed by atoms with Gasteiger partial charge < -0.3 is 0 Å². The highest BCUT2D eigenvalue weighted by Crippen LogP contribution is 2.29. The standard InChI is InChI=1S/C12H12N2OS2/c15-11(8-5-6-16-7-8)14-12-13-9-3-1-2-4-10(9)17-12/h5-7H,1-4H2,(H,13,14,15). The van der Waals surface area contributed by atoms with Gasteiger partial charge in [-0.3, -0.25) is 10.1 Å². The number of hydrogen-bond acceptors (Lipinski definition) is 4. The molecule has 1 aliphatic carbocycles. The van der Waals surface area contributed by atoms with E-state index in [1.807, 2.05) is 16.8 Å². The summed E-state index contributed by atoms with van der Waals surface area (Å²) >= 11 is 3.15. The van der Waals surface area contributed by atoms with Gasteiger partial charge in [0, 0.05) is 10.3 Å². The summed E-state index contributed by atoms with van der Waals surface area (Å²) in [5, 5.41) is 7.37. The van der Waals surface area contributed by atoms with Gasteiger partial charge in [0.15, 0.2) is 5.13 Å². The van der Waals surface area contributed by atoms with Crippen LogP contribution in [0.2, 0.25) is 0 Å². The van der Waals surface area contributed by atoms with Crippen molar-refractivity contribution in [3.63, 3.8) is 0 Å². The number of aromatic nitrogens is 1. The van der Waals surface area contributed by atoms with Crippen molar-refractivity contribution >= 4 is 33.7 Å². The van der Waals surface area contributed by atoms with Crippen LogP contribution in [-0.4, -0.2) is 10.9 Å². The number of nitrogens with zero attached hydrogens (tertiary/aromatic N) is 1. The smallest absolute Gasteiger partial charge is 0.258 e. The number of anilines is 1. The zero-order valence-corrected chi connectivity index (χ0v) is 10.9. The summed E-state index contributed by atoms with van der Waals surface area (Å²) in [7, 11) is 0. The molecule has 1 N–H and O–H groups in total. The molecule has 5 heteroatoms. The summed E-state index contributed by atoms with van der Waals surface area (Å²) in [6, 6.07) is 1.83. The van der Waals surface area contributed by atoms with Crippen LogP contribution >= 0.6 is 22.7 Å². The molecule has 2 aromatic heterocycles. The second-order valence-electron chi connectivity index (χ2n) is 4.06. The molecule has 3 rings (SSSR count). The van der Waals surface area contributed by atoms with Crippen molar-refractivity contribution in [2.75, 3.05) is 5.32 Å². The Hall–Kier alpha value is -1.20. The Balaban J connectivity index is 1.77. The molecule has 0 unspecified atom stereocenters. The van der Waals surface area contributed by atoms with Gasteiger partial charge in [-0.05, 0) is 37.1 Å². The molecule has 2 aromatic rings. The zero-order chi connectivity index (χ0) is 11.7. The summed E-state index contributed by atoms with van der Waals surface area (Å²) in [6.07, 6.45) is 4.63. The first-order chi connectivity index (χ1) is 8.33. The maximum atomic E-state index is 11.9. The summed E-state index contributed by atoms with van der Waals surface area (Å²) < 4.78 is 0. The van der Waals surface area contributed by atoms with Crippen molar-refractivity contribution in [1.82, 2.24) is 4.98 Å². The van der Waals surface area contributed by atoms with Gasteiger partial charge in [-0.1, -0.05) is 0 Å². The fraction of sp³-hybridized carbons (Fsp3) is 0.333. The second-order valence-corrected chi connectivity index (χ2v) is 5.93. The highest BCUT2D eigenvalue weighted by Gasteiger charge is 2.16. The molecule has 0 atom stereocenters. The van der Waals surface area contributed by atoms with Crippen LogP contribution in [-0.2, 0) is 12.8 Å². The molecule has 0 spiro atoms. The Labute approximate surface area is 108 Å². The molecule has 1 amide bonds. The summed E-state index contributed by atoms with van der Waals surface area (Å²) in [5.74, 6) is -0.0580. The van der Waals surface area contributed by atoms with Crippen molar-refractivity contribution < 1.29 is 4.79 Å². The van der Waals surface area contributed by atoms with E-state index in [1.54, 1.807) is 11.3 Å². The predicted molar refractivity (Wildman–Crippen MR) is 71.0 cm³/mol. The molecular formula is C12H12N2OS2. The molecule has 0 aromatic carbocycles. The molecule has 17 heavy (non-hydrogen) atoms. The monoisotopic (exact) mass is 264 g/mol. The molecule has 3 nitrogen and oxygen atoms in total. The van der Waals surface area contributed by atoms with E-state index < -0.39 is 0 Å². The number of hydrogen-bond donors (Lipinski definition) is 1. The maximum absolute atomic E-state index is 11.9. The molecule has 1 aliphatic rings. The van der Waals surface area contributed by atoms with Crippen LogP contribution < -0.4 is 5.32 Å². The molecule has 0 bridgehead atoms. The van der Waals surface area contributed by atoms with Gasteiger partial charge in [-0.2, -0.15) is 11.3 Å². The van der Waals surface area contributed by atoms with E-state index in [9.17, 15) is 4.79 Å². The molecule has 88 valence electrons. The van der Waals surface area contributed by atoms with Gasteiger partial charge in [0.2, 0.25) is 0 Å². The van der Waals surface area contributed by atoms with Crippen molar-refractivity contribution in [2.45, 2.75) is 25.7 Å². The van der Waals surface area contributed by atoms with Gasteiger partial charge in [-0.25, -0.2) is 4.98 Å². The van der Waals surface area contributed by atoms with E-state index in [0.717, 1.165) is 18.0 Å². The number of amides is 1. The van der Waals surface area contributed by atoms with Crippen LogP contribution in [0.4, 0.5) is 5.13 Å². The number of fused-ring (bicyclic) bond motifs is 1. The third-order valence-corrected chi connectivity index (χ3v) is 4.61. The number of thiazole rings is 1. The summed E-state index contributed by atoms with van der Waals surface area (Å²) in [4.78, 5) is 17.7. The maximum Gasteiger partial charge on any atom is 0.258 e. The lowest BCUT2D eigenvalue weighted by atomic mass is 10.0. The first-order valence-corrected chi connectivity index (χ1v) is 7.41. The van der Waals surface area contributed by atoms with E-state index >= 15 is 0 Å². The number of rotatable bonds is 2. The first-order valence-electron chi connectivity index (χ1n) is 5.65. The number of carbonyl (C=O) groups excluding carboxylic acids is 1. The lowest BCUT2D eigenvalue weighted by Gasteiger charge is -2.06. The molecule has 0 saturated heterocycles. The number of nitrogens with one attached hydrogen (secondary N) is 1. The Bertz CT molecular complexity index is 507. The quantitative estimate of drug-likeness (QED) is 0.904. The van der Waals surface area contributed by atoms with Gasteiger partial charge in [-0.15, -0.1) is 11.3 Å². The predicted octanol–water partition coefficient (Wildman–Crippen LogP) is 3.34. The van der Waals surface area contributed by atoms with Crippen LogP contribution in [0.3, 0.4) is 0 Å². The van der Waals surface area contributed by atoms with Crippen LogP contribution in [0.25, 0.3) is 0 Å². The van der Waals surface area contributed by atoms with E-state index in [1.165, 1.54) is 34.7 Å². The zero-order valence-electron chi connectivity index (χ0n) is 9.23. The van der Waals surface area contributed by atoms with Crippen molar-refractivity contribution in [3.05, 3.63) is 33.0 Å². The molecule has 0 aliphatic heterocycles. The van der Waals surface area contributed by atoms with Crippen molar-refractivity contribution in [1.29, 1.82) is 0 Å². The molecule has 0 saturated carbocycles. The Kier molecular flexibility index (Phi) is 2.94. The normalized spacial score (nSPS) is 14.4. The average Bonchev–Trinajstić information content (AvgIpc) is 2.97. The minimum absolute atomic E-state index is 0.0580. The lowest BCUT2D eigenvalue weighted by molar-refractivity contribution is 0.102. The topological polar surface area (TPSA) is 42.0 Å². The van der Waals surface area contributed by atoms with Crippen molar-refractivity contribution in [2.24, 2.45) is 0 Å². The van der Waals surface area contributed by atoms with E-state index in [2.05, 4.69) is 10.3 Å². The van der Waals surface area contributed by atoms with Crippen LogP contribution in [0.5, 0.6) is 0 Å². The fourth-order valence-electron chi connectivity index (χ4n) is 1.97. The van der Waals surface area contributed by atoms with E-state index in [-0.39, 0.29) is 5.91 Å². The Morgan fingerprint density at radius 3 is 3.00 bits per heavy atom. The first kappa shape index (κ1) is 10.9.